The highest BCUT2D eigenvalue weighted by Crippen LogP contribution is 2.24. The van der Waals surface area contributed by atoms with Gasteiger partial charge in [-0.1, -0.05) is 6.07 Å². The number of alkyl halides is 3. The van der Waals surface area contributed by atoms with E-state index in [1.54, 1.807) is 0 Å². The molecule has 1 aromatic carbocycles. The van der Waals surface area contributed by atoms with Gasteiger partial charge in [-0.15, -0.1) is 0 Å². The average Bonchev–Trinajstić information content (AvgIpc) is 2.16. The molecule has 0 aliphatic heterocycles. The van der Waals surface area contributed by atoms with Gasteiger partial charge in [-0.05, 0) is 17.7 Å². The number of benzene rings is 1. The molecule has 1 aromatic rings. The van der Waals surface area contributed by atoms with Crippen molar-refractivity contribution in [2.75, 3.05) is 7.11 Å². The number of ether oxygens (including phenoxy) is 1. The molecule has 6 heteroatoms. The monoisotopic (exact) mass is 238 g/mol. The summed E-state index contributed by atoms with van der Waals surface area (Å²) in [5.41, 5.74) is 0.0584. The lowest BCUT2D eigenvalue weighted by molar-refractivity contribution is -0.203. The van der Waals surface area contributed by atoms with Crippen molar-refractivity contribution in [3.05, 3.63) is 29.6 Å². The molecule has 0 amide bonds. The standard InChI is InChI=1S/C10H10F4O2/c1-16-8-3-2-6(4-7(8)11)5-9(15)10(12,13)14/h2-4,9,15H,5H2,1H3. The summed E-state index contributed by atoms with van der Waals surface area (Å²) in [5.74, 6) is -0.806. The highest BCUT2D eigenvalue weighted by Gasteiger charge is 2.38. The van der Waals surface area contributed by atoms with Gasteiger partial charge in [-0.25, -0.2) is 4.39 Å². The number of halogens is 4. The Morgan fingerprint density at radius 2 is 2.00 bits per heavy atom. The van der Waals surface area contributed by atoms with Crippen LogP contribution in [-0.2, 0) is 6.42 Å². The van der Waals surface area contributed by atoms with Crippen LogP contribution in [0.5, 0.6) is 5.75 Å². The van der Waals surface area contributed by atoms with Gasteiger partial charge in [0.1, 0.15) is 0 Å². The molecule has 1 rings (SSSR count). The van der Waals surface area contributed by atoms with Gasteiger partial charge in [0.15, 0.2) is 17.7 Å². The molecular formula is C10H10F4O2. The minimum absolute atomic E-state index is 0.0507. The summed E-state index contributed by atoms with van der Waals surface area (Å²) in [5, 5.41) is 8.78. The number of aliphatic hydroxyl groups excluding tert-OH is 1. The summed E-state index contributed by atoms with van der Waals surface area (Å²) < 4.78 is 53.8. The van der Waals surface area contributed by atoms with Gasteiger partial charge in [0.05, 0.1) is 7.11 Å². The van der Waals surface area contributed by atoms with Crippen molar-refractivity contribution in [1.82, 2.24) is 0 Å². The lowest BCUT2D eigenvalue weighted by atomic mass is 10.1. The average molecular weight is 238 g/mol. The second kappa shape index (κ2) is 4.69. The first kappa shape index (κ1) is 12.8. The lowest BCUT2D eigenvalue weighted by Crippen LogP contribution is -2.30. The maximum absolute atomic E-state index is 13.1. The van der Waals surface area contributed by atoms with Crippen molar-refractivity contribution in [1.29, 1.82) is 0 Å². The molecule has 0 saturated heterocycles. The molecular weight excluding hydrogens is 228 g/mol. The fourth-order valence-electron chi connectivity index (χ4n) is 1.18. The van der Waals surface area contributed by atoms with Crippen LogP contribution in [0, 0.1) is 5.82 Å². The Hall–Kier alpha value is -1.30. The fourth-order valence-corrected chi connectivity index (χ4v) is 1.18. The summed E-state index contributed by atoms with van der Waals surface area (Å²) in [6.45, 7) is 0. The molecule has 0 fully saturated rings. The van der Waals surface area contributed by atoms with E-state index in [0.29, 0.717) is 0 Å². The van der Waals surface area contributed by atoms with Crippen LogP contribution >= 0.6 is 0 Å². The van der Waals surface area contributed by atoms with Crippen molar-refractivity contribution in [2.24, 2.45) is 0 Å². The summed E-state index contributed by atoms with van der Waals surface area (Å²) in [4.78, 5) is 0. The van der Waals surface area contributed by atoms with Crippen LogP contribution < -0.4 is 4.74 Å². The lowest BCUT2D eigenvalue weighted by Gasteiger charge is -2.14. The Labute approximate surface area is 89.5 Å². The van der Waals surface area contributed by atoms with Crippen molar-refractivity contribution in [3.63, 3.8) is 0 Å². The fraction of sp³-hybridized carbons (Fsp3) is 0.400. The summed E-state index contributed by atoms with van der Waals surface area (Å²) in [7, 11) is 1.25. The van der Waals surface area contributed by atoms with E-state index in [4.69, 9.17) is 5.11 Å². The van der Waals surface area contributed by atoms with Crippen molar-refractivity contribution in [2.45, 2.75) is 18.7 Å². The third-order valence-corrected chi connectivity index (χ3v) is 2.02. The summed E-state index contributed by atoms with van der Waals surface area (Å²) in [6, 6.07) is 3.40. The zero-order valence-electron chi connectivity index (χ0n) is 8.38. The number of aliphatic hydroxyl groups is 1. The van der Waals surface area contributed by atoms with Crippen molar-refractivity contribution >= 4 is 0 Å². The third-order valence-electron chi connectivity index (χ3n) is 2.02. The largest absolute Gasteiger partial charge is 0.494 e. The van der Waals surface area contributed by atoms with Crippen LogP contribution in [0.2, 0.25) is 0 Å². The van der Waals surface area contributed by atoms with Gasteiger partial charge in [0, 0.05) is 6.42 Å². The summed E-state index contributed by atoms with van der Waals surface area (Å²) >= 11 is 0. The molecule has 90 valence electrons. The number of hydrogen-bond acceptors (Lipinski definition) is 2. The van der Waals surface area contributed by atoms with E-state index in [1.807, 2.05) is 0 Å². The Kier molecular flexibility index (Phi) is 3.74. The smallest absolute Gasteiger partial charge is 0.414 e. The van der Waals surface area contributed by atoms with Crippen LogP contribution in [0.1, 0.15) is 5.56 Å². The first-order chi connectivity index (χ1) is 7.34. The Morgan fingerprint density at radius 3 is 2.44 bits per heavy atom. The second-order valence-electron chi connectivity index (χ2n) is 3.23. The minimum atomic E-state index is -4.70. The van der Waals surface area contributed by atoms with Gasteiger partial charge in [0.2, 0.25) is 0 Å². The van der Waals surface area contributed by atoms with Crippen LogP contribution in [0.15, 0.2) is 18.2 Å². The minimum Gasteiger partial charge on any atom is -0.494 e. The molecule has 1 unspecified atom stereocenters. The predicted molar refractivity (Wildman–Crippen MR) is 48.7 cm³/mol. The molecule has 1 atom stereocenters. The molecule has 0 aliphatic carbocycles. The van der Waals surface area contributed by atoms with E-state index < -0.39 is 24.5 Å². The molecule has 0 radical (unpaired) electrons. The zero-order valence-corrected chi connectivity index (χ0v) is 8.38. The van der Waals surface area contributed by atoms with Gasteiger partial charge >= 0.3 is 6.18 Å². The molecule has 0 heterocycles. The Bertz CT molecular complexity index is 362. The molecule has 0 aromatic heterocycles. The molecule has 16 heavy (non-hydrogen) atoms. The highest BCUT2D eigenvalue weighted by atomic mass is 19.4. The third kappa shape index (κ3) is 3.10. The van der Waals surface area contributed by atoms with Gasteiger partial charge in [-0.3, -0.25) is 0 Å². The van der Waals surface area contributed by atoms with Crippen molar-refractivity contribution < 1.29 is 27.4 Å². The van der Waals surface area contributed by atoms with Crippen molar-refractivity contribution in [3.8, 4) is 5.75 Å². The second-order valence-corrected chi connectivity index (χ2v) is 3.23. The first-order valence-corrected chi connectivity index (χ1v) is 4.42. The van der Waals surface area contributed by atoms with E-state index in [2.05, 4.69) is 4.74 Å². The molecule has 1 N–H and O–H groups in total. The van der Waals surface area contributed by atoms with Gasteiger partial charge in [0.25, 0.3) is 0 Å². The van der Waals surface area contributed by atoms with E-state index in [1.165, 1.54) is 19.2 Å². The predicted octanol–water partition coefficient (Wildman–Crippen LogP) is 2.30. The van der Waals surface area contributed by atoms with Crippen LogP contribution in [-0.4, -0.2) is 24.5 Å². The Morgan fingerprint density at radius 1 is 1.38 bits per heavy atom. The molecule has 0 spiro atoms. The Balaban J connectivity index is 2.79. The quantitative estimate of drug-likeness (QED) is 0.819. The molecule has 0 bridgehead atoms. The summed E-state index contributed by atoms with van der Waals surface area (Å²) in [6.07, 6.45) is -7.86. The maximum Gasteiger partial charge on any atom is 0.414 e. The van der Waals surface area contributed by atoms with Gasteiger partial charge < -0.3 is 9.84 Å². The van der Waals surface area contributed by atoms with E-state index in [-0.39, 0.29) is 11.3 Å². The van der Waals surface area contributed by atoms with Gasteiger partial charge in [-0.2, -0.15) is 13.2 Å². The van der Waals surface area contributed by atoms with E-state index in [0.717, 1.165) is 6.07 Å². The maximum atomic E-state index is 13.1. The molecule has 0 aliphatic rings. The molecule has 2 nitrogen and oxygen atoms in total. The SMILES string of the molecule is COc1ccc(CC(O)C(F)(F)F)cc1F. The topological polar surface area (TPSA) is 29.5 Å². The first-order valence-electron chi connectivity index (χ1n) is 4.42. The van der Waals surface area contributed by atoms with Crippen LogP contribution in [0.25, 0.3) is 0 Å². The highest BCUT2D eigenvalue weighted by molar-refractivity contribution is 5.29. The van der Waals surface area contributed by atoms with Crippen LogP contribution in [0.4, 0.5) is 17.6 Å². The van der Waals surface area contributed by atoms with Crippen LogP contribution in [0.3, 0.4) is 0 Å². The van der Waals surface area contributed by atoms with E-state index >= 15 is 0 Å². The number of hydrogen-bond donors (Lipinski definition) is 1. The number of rotatable bonds is 3. The van der Waals surface area contributed by atoms with E-state index in [9.17, 15) is 17.6 Å². The zero-order chi connectivity index (χ0) is 12.3. The molecule has 0 saturated carbocycles. The normalized spacial score (nSPS) is 13.6. The number of methoxy groups -OCH3 is 1.